The Morgan fingerprint density at radius 1 is 1.38 bits per heavy atom. The Balaban J connectivity index is 1.60. The lowest BCUT2D eigenvalue weighted by molar-refractivity contribution is -0.112. The van der Waals surface area contributed by atoms with Gasteiger partial charge in [0.2, 0.25) is 5.91 Å². The molecule has 1 aliphatic rings. The molecule has 0 radical (unpaired) electrons. The second-order valence-electron chi connectivity index (χ2n) is 5.56. The Morgan fingerprint density at radius 3 is 2.86 bits per heavy atom. The van der Waals surface area contributed by atoms with Gasteiger partial charge in [0.1, 0.15) is 0 Å². The number of carbonyl (C=O) groups excluding carboxylic acids is 1. The summed E-state index contributed by atoms with van der Waals surface area (Å²) in [6.45, 7) is 2.73. The van der Waals surface area contributed by atoms with Crippen molar-refractivity contribution in [3.8, 4) is 0 Å². The predicted molar refractivity (Wildman–Crippen MR) is 82.9 cm³/mol. The molecule has 4 nitrogen and oxygen atoms in total. The lowest BCUT2D eigenvalue weighted by Gasteiger charge is -2.01. The van der Waals surface area contributed by atoms with Gasteiger partial charge >= 0.3 is 0 Å². The molecular formula is C17H19N3O. The third kappa shape index (κ3) is 3.81. The summed E-state index contributed by atoms with van der Waals surface area (Å²) in [5.41, 5.74) is 3.09. The lowest BCUT2D eigenvalue weighted by Crippen LogP contribution is -2.08. The summed E-state index contributed by atoms with van der Waals surface area (Å²) in [7, 11) is 0. The maximum atomic E-state index is 11.9. The molecule has 1 aliphatic carbocycles. The number of nitrogens with zero attached hydrogens (tertiary/aromatic N) is 2. The third-order valence-electron chi connectivity index (χ3n) is 3.67. The number of carbonyl (C=O) groups is 1. The van der Waals surface area contributed by atoms with E-state index in [0.717, 1.165) is 5.69 Å². The van der Waals surface area contributed by atoms with Gasteiger partial charge in [-0.15, -0.1) is 0 Å². The molecule has 1 saturated carbocycles. The molecule has 2 aromatic rings. The zero-order valence-electron chi connectivity index (χ0n) is 12.1. The highest BCUT2D eigenvalue weighted by atomic mass is 16.1. The Kier molecular flexibility index (Phi) is 3.86. The van der Waals surface area contributed by atoms with E-state index < -0.39 is 0 Å². The van der Waals surface area contributed by atoms with Crippen molar-refractivity contribution in [2.24, 2.45) is 5.92 Å². The van der Waals surface area contributed by atoms with E-state index in [1.54, 1.807) is 12.3 Å². The maximum Gasteiger partial charge on any atom is 0.248 e. The average Bonchev–Trinajstić information content (AvgIpc) is 3.23. The van der Waals surface area contributed by atoms with Crippen LogP contribution >= 0.6 is 0 Å². The summed E-state index contributed by atoms with van der Waals surface area (Å²) in [6.07, 6.45) is 7.66. The first-order chi connectivity index (χ1) is 10.2. The molecule has 21 heavy (non-hydrogen) atoms. The first kappa shape index (κ1) is 13.6. The Hall–Kier alpha value is -2.36. The van der Waals surface area contributed by atoms with E-state index in [9.17, 15) is 4.79 Å². The molecule has 1 heterocycles. The standard InChI is InChI=1S/C17H19N3O/c1-13(15-7-8-15)9-17(21)19-16-10-18-20(12-16)11-14-5-3-2-4-6-14/h2-6,9-10,12,15H,7-8,11H2,1H3,(H,19,21)/b13-9-. The molecule has 0 unspecified atom stereocenters. The lowest BCUT2D eigenvalue weighted by atomic mass is 10.2. The predicted octanol–water partition coefficient (Wildman–Crippen LogP) is 3.23. The highest BCUT2D eigenvalue weighted by molar-refractivity contribution is 5.99. The first-order valence-electron chi connectivity index (χ1n) is 7.26. The number of rotatable bonds is 5. The smallest absolute Gasteiger partial charge is 0.248 e. The summed E-state index contributed by atoms with van der Waals surface area (Å²) in [5, 5.41) is 7.14. The molecule has 0 atom stereocenters. The molecule has 0 spiro atoms. The van der Waals surface area contributed by atoms with Gasteiger partial charge in [0.25, 0.3) is 0 Å². The van der Waals surface area contributed by atoms with Gasteiger partial charge in [-0.2, -0.15) is 5.10 Å². The molecule has 0 saturated heterocycles. The highest BCUT2D eigenvalue weighted by Crippen LogP contribution is 2.35. The number of aromatic nitrogens is 2. The van der Waals surface area contributed by atoms with Crippen molar-refractivity contribution in [2.45, 2.75) is 26.3 Å². The van der Waals surface area contributed by atoms with E-state index in [1.807, 2.05) is 36.0 Å². The molecular weight excluding hydrogens is 262 g/mol. The van der Waals surface area contributed by atoms with Gasteiger partial charge in [-0.05, 0) is 31.2 Å². The quantitative estimate of drug-likeness (QED) is 0.855. The summed E-state index contributed by atoms with van der Waals surface area (Å²) in [5.74, 6) is 0.551. The minimum atomic E-state index is -0.0707. The first-order valence-corrected chi connectivity index (χ1v) is 7.26. The van der Waals surface area contributed by atoms with Crippen LogP contribution in [0.15, 0.2) is 54.4 Å². The molecule has 1 aromatic carbocycles. The van der Waals surface area contributed by atoms with E-state index in [-0.39, 0.29) is 5.91 Å². The van der Waals surface area contributed by atoms with Crippen molar-refractivity contribution in [3.63, 3.8) is 0 Å². The third-order valence-corrected chi connectivity index (χ3v) is 3.67. The number of nitrogens with one attached hydrogen (secondary N) is 1. The van der Waals surface area contributed by atoms with E-state index in [2.05, 4.69) is 22.5 Å². The Bertz CT molecular complexity index is 654. The van der Waals surface area contributed by atoms with Crippen LogP contribution in [0.5, 0.6) is 0 Å². The topological polar surface area (TPSA) is 46.9 Å². The molecule has 3 rings (SSSR count). The molecule has 4 heteroatoms. The summed E-state index contributed by atoms with van der Waals surface area (Å²) >= 11 is 0. The molecule has 1 aromatic heterocycles. The van der Waals surface area contributed by atoms with Crippen LogP contribution in [0.25, 0.3) is 0 Å². The van der Waals surface area contributed by atoms with E-state index >= 15 is 0 Å². The normalized spacial score (nSPS) is 15.0. The summed E-state index contributed by atoms with van der Waals surface area (Å²) in [6, 6.07) is 10.1. The monoisotopic (exact) mass is 281 g/mol. The fourth-order valence-electron chi connectivity index (χ4n) is 2.33. The van der Waals surface area contributed by atoms with Crippen LogP contribution in [-0.2, 0) is 11.3 Å². The van der Waals surface area contributed by atoms with Crippen molar-refractivity contribution in [1.29, 1.82) is 0 Å². The van der Waals surface area contributed by atoms with Crippen LogP contribution in [0.3, 0.4) is 0 Å². The zero-order valence-corrected chi connectivity index (χ0v) is 12.1. The van der Waals surface area contributed by atoms with Crippen LogP contribution in [-0.4, -0.2) is 15.7 Å². The largest absolute Gasteiger partial charge is 0.320 e. The van der Waals surface area contributed by atoms with Gasteiger partial charge < -0.3 is 5.32 Å². The van der Waals surface area contributed by atoms with Gasteiger partial charge in [0.05, 0.1) is 18.4 Å². The van der Waals surface area contributed by atoms with Crippen molar-refractivity contribution < 1.29 is 4.79 Å². The highest BCUT2D eigenvalue weighted by Gasteiger charge is 2.23. The SMILES string of the molecule is C/C(=C/C(=O)Nc1cnn(Cc2ccccc2)c1)C1CC1. The molecule has 108 valence electrons. The van der Waals surface area contributed by atoms with Gasteiger partial charge in [0, 0.05) is 12.3 Å². The van der Waals surface area contributed by atoms with E-state index in [4.69, 9.17) is 0 Å². The molecule has 1 N–H and O–H groups in total. The molecule has 0 bridgehead atoms. The fraction of sp³-hybridized carbons (Fsp3) is 0.294. The summed E-state index contributed by atoms with van der Waals surface area (Å²) in [4.78, 5) is 11.9. The maximum absolute atomic E-state index is 11.9. The second kappa shape index (κ2) is 5.95. The summed E-state index contributed by atoms with van der Waals surface area (Å²) < 4.78 is 1.82. The van der Waals surface area contributed by atoms with E-state index in [0.29, 0.717) is 12.5 Å². The Labute approximate surface area is 124 Å². The van der Waals surface area contributed by atoms with Gasteiger partial charge in [0.15, 0.2) is 0 Å². The van der Waals surface area contributed by atoms with Crippen molar-refractivity contribution in [3.05, 3.63) is 59.9 Å². The number of amides is 1. The van der Waals surface area contributed by atoms with Gasteiger partial charge in [-0.3, -0.25) is 9.48 Å². The minimum absolute atomic E-state index is 0.0707. The number of allylic oxidation sites excluding steroid dienone is 1. The van der Waals surface area contributed by atoms with Gasteiger partial charge in [-0.25, -0.2) is 0 Å². The Morgan fingerprint density at radius 2 is 2.14 bits per heavy atom. The number of hydrogen-bond acceptors (Lipinski definition) is 2. The number of anilines is 1. The minimum Gasteiger partial charge on any atom is -0.320 e. The van der Waals surface area contributed by atoms with Crippen LogP contribution in [0.4, 0.5) is 5.69 Å². The van der Waals surface area contributed by atoms with Crippen LogP contribution < -0.4 is 5.32 Å². The average molecular weight is 281 g/mol. The van der Waals surface area contributed by atoms with Gasteiger partial charge in [-0.1, -0.05) is 35.9 Å². The number of hydrogen-bond donors (Lipinski definition) is 1. The van der Waals surface area contributed by atoms with Crippen LogP contribution in [0.2, 0.25) is 0 Å². The van der Waals surface area contributed by atoms with Crippen LogP contribution in [0.1, 0.15) is 25.3 Å². The molecule has 1 fully saturated rings. The van der Waals surface area contributed by atoms with Crippen molar-refractivity contribution in [1.82, 2.24) is 9.78 Å². The van der Waals surface area contributed by atoms with Crippen molar-refractivity contribution in [2.75, 3.05) is 5.32 Å². The van der Waals surface area contributed by atoms with E-state index in [1.165, 1.54) is 24.0 Å². The fourth-order valence-corrected chi connectivity index (χ4v) is 2.33. The number of benzene rings is 1. The molecule has 0 aliphatic heterocycles. The van der Waals surface area contributed by atoms with Crippen LogP contribution in [0, 0.1) is 5.92 Å². The molecule has 1 amide bonds. The zero-order chi connectivity index (χ0) is 14.7. The van der Waals surface area contributed by atoms with Crippen molar-refractivity contribution >= 4 is 11.6 Å². The second-order valence-corrected chi connectivity index (χ2v) is 5.56.